The van der Waals surface area contributed by atoms with E-state index in [1.54, 1.807) is 0 Å². The van der Waals surface area contributed by atoms with Crippen LogP contribution in [0.4, 0.5) is 9.15 Å². The lowest BCUT2D eigenvalue weighted by Gasteiger charge is -1.00. The summed E-state index contributed by atoms with van der Waals surface area (Å²) >= 11 is 0. The highest BCUT2D eigenvalue weighted by atomic mass is 32.1. The fourth-order valence-electron chi connectivity index (χ4n) is 0. The molecule has 0 saturated carbocycles. The van der Waals surface area contributed by atoms with Gasteiger partial charge in [-0.2, -0.15) is 13.5 Å². The molecule has 0 rings (SSSR count). The summed E-state index contributed by atoms with van der Waals surface area (Å²) in [5.41, 5.74) is 6.25. The zero-order valence-corrected chi connectivity index (χ0v) is 3.20. The molecule has 0 saturated heterocycles. The monoisotopic (exact) mass is 126 g/mol. The van der Waals surface area contributed by atoms with Crippen LogP contribution < -0.4 is 0 Å². The van der Waals surface area contributed by atoms with Gasteiger partial charge in [-0.15, -0.1) is 0 Å². The third-order valence-electron chi connectivity index (χ3n) is 0. The molecule has 0 atom stereocenters. The summed E-state index contributed by atoms with van der Waals surface area (Å²) in [5, 5.41) is 0. The zero-order valence-electron chi connectivity index (χ0n) is 3.20. The van der Waals surface area contributed by atoms with E-state index in [4.69, 9.17) is 16.1 Å². The van der Waals surface area contributed by atoms with Crippen molar-refractivity contribution in [3.8, 4) is 0 Å². The number of rotatable bonds is 0. The first-order valence-corrected chi connectivity index (χ1v) is 0.143. The van der Waals surface area contributed by atoms with Crippen molar-refractivity contribution in [3.05, 3.63) is 0 Å². The lowest BCUT2D eigenvalue weighted by molar-refractivity contribution is 0.108. The van der Waals surface area contributed by atoms with Gasteiger partial charge in [0.25, 0.3) is 0 Å². The Hall–Kier alpha value is 0.130. The maximum Gasteiger partial charge on any atom is 0.206 e. The molecule has 0 amide bonds. The largest absolute Gasteiger partial charge is 0.412 e. The van der Waals surface area contributed by atoms with Crippen molar-refractivity contribution in [3.63, 3.8) is 0 Å². The standard InChI is InChI=1S/CH4.F2.2H2O.H2S/c;1-2;;;/h1H4;;3*1H2/i/hT. The maximum absolute atomic E-state index is 8.00. The van der Waals surface area contributed by atoms with Crippen molar-refractivity contribution in [2.45, 2.75) is 7.43 Å². The van der Waals surface area contributed by atoms with Crippen molar-refractivity contribution in [2.24, 2.45) is 0 Å². The first-order chi connectivity index (χ1) is 2.00. The Labute approximate surface area is 43.6 Å². The molecular weight excluding hydrogens is 114 g/mol. The van der Waals surface area contributed by atoms with Gasteiger partial charge in [0.2, 0.25) is 1.43 Å². The minimum atomic E-state index is 0. The average Bonchev–Trinajstić information content (AvgIpc) is 1.50. The SMILES string of the molecule is C.FF.O.S.[3H]O. The molecule has 0 aromatic rings. The number of hydrogen-bond donors (Lipinski definition) is 0. The van der Waals surface area contributed by atoms with E-state index in [0.29, 0.717) is 0 Å². The molecule has 46 valence electrons. The quantitative estimate of drug-likeness (QED) is 0.436. The molecule has 0 aliphatic heterocycles. The van der Waals surface area contributed by atoms with Crippen molar-refractivity contribution >= 4 is 13.5 Å². The number of hydrogen-bond acceptors (Lipinski definition) is 0. The lowest BCUT2D eigenvalue weighted by Crippen LogP contribution is -0.580. The van der Waals surface area contributed by atoms with E-state index in [1.807, 2.05) is 0 Å². The van der Waals surface area contributed by atoms with E-state index >= 15 is 0 Å². The third-order valence-corrected chi connectivity index (χ3v) is 0. The van der Waals surface area contributed by atoms with Crippen molar-refractivity contribution in [1.29, 1.82) is 0 Å². The van der Waals surface area contributed by atoms with Gasteiger partial charge in [0.15, 0.2) is 0 Å². The first kappa shape index (κ1) is 35.6. The smallest absolute Gasteiger partial charge is 0.206 e. The van der Waals surface area contributed by atoms with Gasteiger partial charge in [-0.1, -0.05) is 7.43 Å². The van der Waals surface area contributed by atoms with Gasteiger partial charge in [0, 0.05) is 9.15 Å². The minimum Gasteiger partial charge on any atom is -0.412 e. The summed E-state index contributed by atoms with van der Waals surface area (Å²) in [6.07, 6.45) is 0. The molecule has 0 fully saturated rings. The summed E-state index contributed by atoms with van der Waals surface area (Å²) in [5.74, 6) is 0. The third kappa shape index (κ3) is 2390. The van der Waals surface area contributed by atoms with Crippen LogP contribution in [0.1, 0.15) is 8.86 Å². The van der Waals surface area contributed by atoms with Gasteiger partial charge < -0.3 is 11.0 Å². The van der Waals surface area contributed by atoms with E-state index in [1.165, 1.54) is 0 Å². The predicted molar refractivity (Wildman–Crippen MR) is 26.6 cm³/mol. The molecule has 0 heterocycles. The lowest BCUT2D eigenvalue weighted by atomic mass is 12.0. The Morgan fingerprint density at radius 1 is 1.17 bits per heavy atom. The van der Waals surface area contributed by atoms with Crippen LogP contribution in [0.2, 0.25) is 0 Å². The summed E-state index contributed by atoms with van der Waals surface area (Å²) in [6, 6.07) is 0. The van der Waals surface area contributed by atoms with Crippen LogP contribution in [0.5, 0.6) is 0 Å². The van der Waals surface area contributed by atoms with E-state index in [9.17, 15) is 0 Å². The molecule has 2 nitrogen and oxygen atoms in total. The molecule has 0 aliphatic carbocycles. The molecule has 0 unspecified atom stereocenters. The summed E-state index contributed by atoms with van der Waals surface area (Å²) in [6.45, 7) is 0. The van der Waals surface area contributed by atoms with Crippen LogP contribution in [0.25, 0.3) is 0 Å². The van der Waals surface area contributed by atoms with Gasteiger partial charge in [0.1, 0.15) is 0 Å². The molecule has 0 bridgehead atoms. The van der Waals surface area contributed by atoms with Crippen LogP contribution in [-0.4, -0.2) is 11.0 Å². The van der Waals surface area contributed by atoms with Gasteiger partial charge in [-0.25, -0.2) is 0 Å². The van der Waals surface area contributed by atoms with E-state index in [-0.39, 0.29) is 26.4 Å². The Morgan fingerprint density at radius 3 is 1.17 bits per heavy atom. The van der Waals surface area contributed by atoms with E-state index in [2.05, 4.69) is 0 Å². The second-order valence-electron chi connectivity index (χ2n) is 0. The van der Waals surface area contributed by atoms with Crippen LogP contribution in [0.15, 0.2) is 0 Å². The summed E-state index contributed by atoms with van der Waals surface area (Å²) < 4.78 is 20.8. The Morgan fingerprint density at radius 2 is 1.17 bits per heavy atom. The van der Waals surface area contributed by atoms with Gasteiger partial charge in [0.05, 0.1) is 0 Å². The highest BCUT2D eigenvalue weighted by Crippen LogP contribution is 1.42. The molecular formula is CH10F2O2S. The fourth-order valence-corrected chi connectivity index (χ4v) is 0. The topological polar surface area (TPSA) is 63.0 Å². The highest BCUT2D eigenvalue weighted by molar-refractivity contribution is 7.59. The van der Waals surface area contributed by atoms with Crippen LogP contribution in [0.3, 0.4) is 0 Å². The molecule has 0 aliphatic rings. The second kappa shape index (κ2) is 5180. The molecule has 4 N–H and O–H groups in total. The molecule has 0 aromatic heterocycles. The normalized spacial score (nSPS) is 2.17. The predicted octanol–water partition coefficient (Wildman–Crippen LogP) is -0.0601. The highest BCUT2D eigenvalue weighted by Gasteiger charge is 1.00. The molecule has 6 heavy (non-hydrogen) atoms. The fraction of sp³-hybridized carbons (Fsp3) is 1.00. The van der Waals surface area contributed by atoms with Crippen molar-refractivity contribution < 1.29 is 21.5 Å². The van der Waals surface area contributed by atoms with Gasteiger partial charge in [-0.3, -0.25) is 0 Å². The molecule has 5 heteroatoms. The first-order valence-electron chi connectivity index (χ1n) is 0.590. The zero-order chi connectivity index (χ0) is 4.00. The van der Waals surface area contributed by atoms with Gasteiger partial charge in [-0.05, 0) is 0 Å². The Kier molecular flexibility index (Phi) is 30700. The Balaban J connectivity index is -0.00000000267. The van der Waals surface area contributed by atoms with Crippen LogP contribution in [-0.2, 0) is 0 Å². The second-order valence-corrected chi connectivity index (χ2v) is 0. The molecule has 0 radical (unpaired) electrons. The molecule has 0 spiro atoms. The Bertz CT molecular complexity index is 15.7. The van der Waals surface area contributed by atoms with Gasteiger partial charge >= 0.3 is 0 Å². The maximum atomic E-state index is 8.00. The number of halogens is 2. The average molecular weight is 126 g/mol. The van der Waals surface area contributed by atoms with Crippen molar-refractivity contribution in [1.82, 2.24) is 0 Å². The summed E-state index contributed by atoms with van der Waals surface area (Å²) in [4.78, 5) is 0. The van der Waals surface area contributed by atoms with Crippen LogP contribution in [0, 0.1) is 0 Å². The minimum absolute atomic E-state index is 0. The summed E-state index contributed by atoms with van der Waals surface area (Å²) in [7, 11) is 0. The van der Waals surface area contributed by atoms with Crippen molar-refractivity contribution in [2.75, 3.05) is 0 Å². The van der Waals surface area contributed by atoms with Crippen LogP contribution >= 0.6 is 13.5 Å². The molecule has 0 aromatic carbocycles. The van der Waals surface area contributed by atoms with E-state index in [0.717, 1.165) is 0 Å². The van der Waals surface area contributed by atoms with E-state index < -0.39 is 0 Å².